The number of hydrogen-bond donors (Lipinski definition) is 2. The van der Waals surface area contributed by atoms with E-state index in [9.17, 15) is 22.4 Å². The van der Waals surface area contributed by atoms with E-state index in [-0.39, 0.29) is 23.5 Å². The van der Waals surface area contributed by atoms with Crippen LogP contribution in [0.5, 0.6) is 0 Å². The predicted octanol–water partition coefficient (Wildman–Crippen LogP) is 1.83. The Morgan fingerprint density at radius 3 is 2.19 bits per heavy atom. The first-order valence-electron chi connectivity index (χ1n) is 8.13. The smallest absolute Gasteiger partial charge is 0.254 e. The zero-order valence-electron chi connectivity index (χ0n) is 14.9. The Hall–Kier alpha value is -2.78. The molecule has 0 bridgehead atoms. The molecule has 0 heterocycles. The van der Waals surface area contributed by atoms with Crippen molar-refractivity contribution < 1.29 is 22.4 Å². The lowest BCUT2D eigenvalue weighted by molar-refractivity contribution is -0.116. The molecule has 2 rings (SSSR count). The van der Waals surface area contributed by atoms with E-state index < -0.39 is 27.7 Å². The second-order valence-electron chi connectivity index (χ2n) is 5.74. The normalized spacial score (nSPS) is 11.1. The number of sulfonamides is 1. The average molecular weight is 393 g/mol. The van der Waals surface area contributed by atoms with Crippen molar-refractivity contribution in [2.75, 3.05) is 25.5 Å². The van der Waals surface area contributed by atoms with Gasteiger partial charge in [0.05, 0.1) is 11.4 Å². The van der Waals surface area contributed by atoms with Crippen LogP contribution in [-0.4, -0.2) is 45.3 Å². The highest BCUT2D eigenvalue weighted by atomic mass is 32.2. The van der Waals surface area contributed by atoms with Gasteiger partial charge < -0.3 is 10.2 Å². The van der Waals surface area contributed by atoms with E-state index in [2.05, 4.69) is 10.0 Å². The van der Waals surface area contributed by atoms with Gasteiger partial charge in [-0.25, -0.2) is 17.5 Å². The van der Waals surface area contributed by atoms with Gasteiger partial charge >= 0.3 is 0 Å². The summed E-state index contributed by atoms with van der Waals surface area (Å²) in [6, 6.07) is 10.7. The monoisotopic (exact) mass is 393 g/mol. The molecule has 0 spiro atoms. The second kappa shape index (κ2) is 8.74. The molecule has 0 unspecified atom stereocenters. The molecule has 144 valence electrons. The van der Waals surface area contributed by atoms with Crippen LogP contribution in [0.3, 0.4) is 0 Å². The molecule has 2 amide bonds. The molecular weight excluding hydrogens is 373 g/mol. The standard InChI is InChI=1S/C18H20FN3O4S/c1-3-20-27(25,26)16-10-4-13(5-11-16)18(24)22(2)12-17(23)21-15-8-6-14(19)7-9-15/h4-11,20H,3,12H2,1-2H3,(H,21,23). The maximum absolute atomic E-state index is 12.9. The summed E-state index contributed by atoms with van der Waals surface area (Å²) < 4.78 is 39.0. The van der Waals surface area contributed by atoms with E-state index in [0.717, 1.165) is 0 Å². The summed E-state index contributed by atoms with van der Waals surface area (Å²) in [5.41, 5.74) is 0.669. The molecular formula is C18H20FN3O4S. The molecule has 2 aromatic rings. The highest BCUT2D eigenvalue weighted by molar-refractivity contribution is 7.89. The third kappa shape index (κ3) is 5.60. The van der Waals surface area contributed by atoms with Gasteiger partial charge in [-0.1, -0.05) is 6.92 Å². The van der Waals surface area contributed by atoms with Crippen LogP contribution >= 0.6 is 0 Å². The molecule has 0 saturated heterocycles. The number of carbonyl (C=O) groups excluding carboxylic acids is 2. The summed E-state index contributed by atoms with van der Waals surface area (Å²) in [7, 11) is -2.14. The minimum atomic E-state index is -3.60. The van der Waals surface area contributed by atoms with Gasteiger partial charge in [0.15, 0.2) is 0 Å². The first-order valence-corrected chi connectivity index (χ1v) is 9.62. The maximum Gasteiger partial charge on any atom is 0.254 e. The lowest BCUT2D eigenvalue weighted by Gasteiger charge is -2.17. The van der Waals surface area contributed by atoms with Gasteiger partial charge in [-0.15, -0.1) is 0 Å². The molecule has 27 heavy (non-hydrogen) atoms. The molecule has 0 aromatic heterocycles. The van der Waals surface area contributed by atoms with Crippen LogP contribution in [0, 0.1) is 5.82 Å². The van der Waals surface area contributed by atoms with Gasteiger partial charge in [0, 0.05) is 24.8 Å². The molecule has 0 radical (unpaired) electrons. The molecule has 2 N–H and O–H groups in total. The number of benzene rings is 2. The summed E-state index contributed by atoms with van der Waals surface area (Å²) >= 11 is 0. The fourth-order valence-corrected chi connectivity index (χ4v) is 3.33. The largest absolute Gasteiger partial charge is 0.332 e. The molecule has 0 aliphatic rings. The number of amides is 2. The number of hydrogen-bond acceptors (Lipinski definition) is 4. The van der Waals surface area contributed by atoms with Crippen LogP contribution in [-0.2, 0) is 14.8 Å². The van der Waals surface area contributed by atoms with Crippen LogP contribution in [0.2, 0.25) is 0 Å². The number of halogens is 1. The van der Waals surface area contributed by atoms with E-state index in [1.54, 1.807) is 6.92 Å². The number of nitrogens with zero attached hydrogens (tertiary/aromatic N) is 1. The fraction of sp³-hybridized carbons (Fsp3) is 0.222. The van der Waals surface area contributed by atoms with Crippen molar-refractivity contribution in [1.82, 2.24) is 9.62 Å². The van der Waals surface area contributed by atoms with Crippen LogP contribution in [0.25, 0.3) is 0 Å². The molecule has 7 nitrogen and oxygen atoms in total. The van der Waals surface area contributed by atoms with Crippen molar-refractivity contribution in [3.05, 3.63) is 59.9 Å². The lowest BCUT2D eigenvalue weighted by atomic mass is 10.2. The van der Waals surface area contributed by atoms with Gasteiger partial charge in [0.1, 0.15) is 5.82 Å². The van der Waals surface area contributed by atoms with Gasteiger partial charge in [0.2, 0.25) is 15.9 Å². The second-order valence-corrected chi connectivity index (χ2v) is 7.51. The summed E-state index contributed by atoms with van der Waals surface area (Å²) in [5, 5.41) is 2.56. The molecule has 0 fully saturated rings. The summed E-state index contributed by atoms with van der Waals surface area (Å²) in [6.07, 6.45) is 0. The van der Waals surface area contributed by atoms with Gasteiger partial charge in [-0.05, 0) is 48.5 Å². The Bertz CT molecular complexity index is 913. The third-order valence-electron chi connectivity index (χ3n) is 3.60. The summed E-state index contributed by atoms with van der Waals surface area (Å²) in [4.78, 5) is 25.7. The Balaban J connectivity index is 2.00. The Morgan fingerprint density at radius 2 is 1.63 bits per heavy atom. The first kappa shape index (κ1) is 20.5. The van der Waals surface area contributed by atoms with Gasteiger partial charge in [-0.3, -0.25) is 9.59 Å². The van der Waals surface area contributed by atoms with Crippen molar-refractivity contribution in [3.63, 3.8) is 0 Å². The lowest BCUT2D eigenvalue weighted by Crippen LogP contribution is -2.35. The SMILES string of the molecule is CCNS(=O)(=O)c1ccc(C(=O)N(C)CC(=O)Nc2ccc(F)cc2)cc1. The van der Waals surface area contributed by atoms with Crippen molar-refractivity contribution in [2.24, 2.45) is 0 Å². The Kier molecular flexibility index (Phi) is 6.65. The van der Waals surface area contributed by atoms with E-state index in [1.807, 2.05) is 0 Å². The highest BCUT2D eigenvalue weighted by Crippen LogP contribution is 2.12. The molecule has 0 atom stereocenters. The van der Waals surface area contributed by atoms with Crippen LogP contribution in [0.15, 0.2) is 53.4 Å². The summed E-state index contributed by atoms with van der Waals surface area (Å²) in [5.74, 6) is -1.29. The van der Waals surface area contributed by atoms with Crippen LogP contribution in [0.4, 0.5) is 10.1 Å². The summed E-state index contributed by atoms with van der Waals surface area (Å²) in [6.45, 7) is 1.71. The first-order chi connectivity index (χ1) is 12.7. The highest BCUT2D eigenvalue weighted by Gasteiger charge is 2.17. The van der Waals surface area contributed by atoms with Gasteiger partial charge in [0.25, 0.3) is 5.91 Å². The fourth-order valence-electron chi connectivity index (χ4n) is 2.29. The van der Waals surface area contributed by atoms with E-state index >= 15 is 0 Å². The number of likely N-dealkylation sites (N-methyl/N-ethyl adjacent to an activating group) is 1. The Morgan fingerprint density at radius 1 is 1.04 bits per heavy atom. The van der Waals surface area contributed by atoms with Crippen molar-refractivity contribution in [3.8, 4) is 0 Å². The molecule has 0 aliphatic heterocycles. The average Bonchev–Trinajstić information content (AvgIpc) is 2.63. The molecule has 9 heteroatoms. The molecule has 0 aliphatic carbocycles. The van der Waals surface area contributed by atoms with E-state index in [1.165, 1.54) is 60.5 Å². The van der Waals surface area contributed by atoms with Crippen LogP contribution < -0.4 is 10.0 Å². The predicted molar refractivity (Wildman–Crippen MR) is 99.3 cm³/mol. The zero-order chi connectivity index (χ0) is 20.0. The van der Waals surface area contributed by atoms with E-state index in [0.29, 0.717) is 5.69 Å². The van der Waals surface area contributed by atoms with Crippen molar-refractivity contribution in [2.45, 2.75) is 11.8 Å². The van der Waals surface area contributed by atoms with Crippen LogP contribution in [0.1, 0.15) is 17.3 Å². The number of nitrogens with one attached hydrogen (secondary N) is 2. The minimum absolute atomic E-state index is 0.0533. The number of rotatable bonds is 7. The molecule has 0 saturated carbocycles. The number of anilines is 1. The Labute approximate surface area is 157 Å². The van der Waals surface area contributed by atoms with Crippen molar-refractivity contribution >= 4 is 27.5 Å². The van der Waals surface area contributed by atoms with E-state index in [4.69, 9.17) is 0 Å². The number of carbonyl (C=O) groups is 2. The third-order valence-corrected chi connectivity index (χ3v) is 5.16. The topological polar surface area (TPSA) is 95.6 Å². The maximum atomic E-state index is 12.9. The quantitative estimate of drug-likeness (QED) is 0.750. The zero-order valence-corrected chi connectivity index (χ0v) is 15.7. The molecule has 2 aromatic carbocycles. The minimum Gasteiger partial charge on any atom is -0.332 e. The van der Waals surface area contributed by atoms with Gasteiger partial charge in [-0.2, -0.15) is 0 Å². The van der Waals surface area contributed by atoms with Crippen molar-refractivity contribution in [1.29, 1.82) is 0 Å².